The maximum Gasteiger partial charge on any atom is 0.251 e. The number of benzene rings is 1. The van der Waals surface area contributed by atoms with Gasteiger partial charge in [-0.2, -0.15) is 0 Å². The van der Waals surface area contributed by atoms with E-state index < -0.39 is 0 Å². The summed E-state index contributed by atoms with van der Waals surface area (Å²) in [5, 5.41) is 6.37. The van der Waals surface area contributed by atoms with E-state index in [1.165, 1.54) is 0 Å². The Hall–Kier alpha value is -1.55. The summed E-state index contributed by atoms with van der Waals surface area (Å²) in [6.07, 6.45) is 2.94. The standard InChI is InChI=1S/C16H23ClN2O2/c1-3-14(4-2)19-15(20)6-5-11-18-16(21)12-7-9-13(17)10-8-12/h7-10,14H,3-6,11H2,1-2H3,(H,18,21)(H,19,20). The van der Waals surface area contributed by atoms with E-state index >= 15 is 0 Å². The molecule has 4 nitrogen and oxygen atoms in total. The smallest absolute Gasteiger partial charge is 0.251 e. The van der Waals surface area contributed by atoms with Crippen LogP contribution in [-0.2, 0) is 4.79 Å². The Morgan fingerprint density at radius 3 is 2.33 bits per heavy atom. The molecule has 0 heterocycles. The quantitative estimate of drug-likeness (QED) is 0.725. The minimum Gasteiger partial charge on any atom is -0.353 e. The Morgan fingerprint density at radius 2 is 1.76 bits per heavy atom. The Morgan fingerprint density at radius 1 is 1.14 bits per heavy atom. The highest BCUT2D eigenvalue weighted by Gasteiger charge is 2.08. The molecule has 0 aliphatic rings. The van der Waals surface area contributed by atoms with Gasteiger partial charge < -0.3 is 10.6 Å². The molecule has 5 heteroatoms. The first-order valence-electron chi connectivity index (χ1n) is 7.40. The zero-order valence-electron chi connectivity index (χ0n) is 12.6. The molecular formula is C16H23ClN2O2. The summed E-state index contributed by atoms with van der Waals surface area (Å²) in [6.45, 7) is 4.60. The molecule has 0 aromatic heterocycles. The van der Waals surface area contributed by atoms with Gasteiger partial charge in [0.2, 0.25) is 5.91 Å². The van der Waals surface area contributed by atoms with Gasteiger partial charge in [-0.05, 0) is 43.5 Å². The Balaban J connectivity index is 2.23. The predicted molar refractivity (Wildman–Crippen MR) is 85.5 cm³/mol. The van der Waals surface area contributed by atoms with Crippen molar-refractivity contribution in [3.8, 4) is 0 Å². The molecule has 2 N–H and O–H groups in total. The van der Waals surface area contributed by atoms with Crippen LogP contribution in [0.15, 0.2) is 24.3 Å². The van der Waals surface area contributed by atoms with Gasteiger partial charge >= 0.3 is 0 Å². The molecule has 0 saturated heterocycles. The highest BCUT2D eigenvalue weighted by molar-refractivity contribution is 6.30. The van der Waals surface area contributed by atoms with Gasteiger partial charge in [0.05, 0.1) is 0 Å². The third-order valence-electron chi connectivity index (χ3n) is 3.32. The zero-order valence-corrected chi connectivity index (χ0v) is 13.4. The second kappa shape index (κ2) is 9.40. The van der Waals surface area contributed by atoms with Crippen molar-refractivity contribution in [2.45, 2.75) is 45.6 Å². The van der Waals surface area contributed by atoms with E-state index in [0.29, 0.717) is 30.0 Å². The number of hydrogen-bond donors (Lipinski definition) is 2. The van der Waals surface area contributed by atoms with E-state index in [9.17, 15) is 9.59 Å². The normalized spacial score (nSPS) is 10.5. The lowest BCUT2D eigenvalue weighted by Crippen LogP contribution is -2.34. The fourth-order valence-electron chi connectivity index (χ4n) is 1.95. The van der Waals surface area contributed by atoms with Gasteiger partial charge in [-0.25, -0.2) is 0 Å². The highest BCUT2D eigenvalue weighted by atomic mass is 35.5. The van der Waals surface area contributed by atoms with E-state index in [1.54, 1.807) is 24.3 Å². The van der Waals surface area contributed by atoms with E-state index in [4.69, 9.17) is 11.6 Å². The van der Waals surface area contributed by atoms with Crippen molar-refractivity contribution in [2.24, 2.45) is 0 Å². The lowest BCUT2D eigenvalue weighted by atomic mass is 10.1. The fraction of sp³-hybridized carbons (Fsp3) is 0.500. The Labute approximate surface area is 131 Å². The predicted octanol–water partition coefficient (Wildman–Crippen LogP) is 3.15. The van der Waals surface area contributed by atoms with E-state index in [0.717, 1.165) is 12.8 Å². The molecule has 0 unspecified atom stereocenters. The third kappa shape index (κ3) is 6.63. The summed E-state index contributed by atoms with van der Waals surface area (Å²) in [5.74, 6) is -0.100. The molecule has 2 amide bonds. The fourth-order valence-corrected chi connectivity index (χ4v) is 2.07. The maximum absolute atomic E-state index is 11.8. The highest BCUT2D eigenvalue weighted by Crippen LogP contribution is 2.09. The molecule has 0 aliphatic carbocycles. The lowest BCUT2D eigenvalue weighted by Gasteiger charge is -2.14. The SMILES string of the molecule is CCC(CC)NC(=O)CCCNC(=O)c1ccc(Cl)cc1. The molecule has 0 spiro atoms. The summed E-state index contributed by atoms with van der Waals surface area (Å²) < 4.78 is 0. The van der Waals surface area contributed by atoms with Crippen LogP contribution in [0.4, 0.5) is 0 Å². The summed E-state index contributed by atoms with van der Waals surface area (Å²) in [6, 6.07) is 6.97. The first-order chi connectivity index (χ1) is 10.1. The molecule has 0 bridgehead atoms. The van der Waals surface area contributed by atoms with Crippen molar-refractivity contribution < 1.29 is 9.59 Å². The van der Waals surface area contributed by atoms with Crippen LogP contribution < -0.4 is 10.6 Å². The molecule has 0 aliphatic heterocycles. The van der Waals surface area contributed by atoms with Crippen LogP contribution in [0.1, 0.15) is 49.9 Å². The van der Waals surface area contributed by atoms with Gasteiger partial charge in [0.25, 0.3) is 5.91 Å². The first-order valence-corrected chi connectivity index (χ1v) is 7.77. The largest absolute Gasteiger partial charge is 0.353 e. The van der Waals surface area contributed by atoms with Crippen LogP contribution in [0.5, 0.6) is 0 Å². The van der Waals surface area contributed by atoms with Gasteiger partial charge in [-0.1, -0.05) is 25.4 Å². The second-order valence-corrected chi connectivity index (χ2v) is 5.38. The van der Waals surface area contributed by atoms with Crippen LogP contribution in [-0.4, -0.2) is 24.4 Å². The minimum atomic E-state index is -0.146. The summed E-state index contributed by atoms with van der Waals surface area (Å²) in [4.78, 5) is 23.5. The van der Waals surface area contributed by atoms with Crippen molar-refractivity contribution in [3.05, 3.63) is 34.9 Å². The van der Waals surface area contributed by atoms with Crippen molar-refractivity contribution in [1.82, 2.24) is 10.6 Å². The van der Waals surface area contributed by atoms with Crippen LogP contribution >= 0.6 is 11.6 Å². The summed E-state index contributed by atoms with van der Waals surface area (Å²) in [5.41, 5.74) is 0.570. The zero-order chi connectivity index (χ0) is 15.7. The topological polar surface area (TPSA) is 58.2 Å². The number of hydrogen-bond acceptors (Lipinski definition) is 2. The van der Waals surface area contributed by atoms with Crippen LogP contribution in [0.2, 0.25) is 5.02 Å². The van der Waals surface area contributed by atoms with E-state index in [-0.39, 0.29) is 17.9 Å². The number of halogens is 1. The van der Waals surface area contributed by atoms with Crippen molar-refractivity contribution in [1.29, 1.82) is 0 Å². The number of rotatable bonds is 8. The molecule has 0 atom stereocenters. The molecule has 1 aromatic rings. The van der Waals surface area contributed by atoms with E-state index in [1.807, 2.05) is 0 Å². The number of carbonyl (C=O) groups excluding carboxylic acids is 2. The van der Waals surface area contributed by atoms with Gasteiger partial charge in [0.1, 0.15) is 0 Å². The summed E-state index contributed by atoms with van der Waals surface area (Å²) in [7, 11) is 0. The van der Waals surface area contributed by atoms with Gasteiger partial charge in [-0.3, -0.25) is 9.59 Å². The number of carbonyl (C=O) groups is 2. The lowest BCUT2D eigenvalue weighted by molar-refractivity contribution is -0.121. The minimum absolute atomic E-state index is 0.0458. The maximum atomic E-state index is 11.8. The third-order valence-corrected chi connectivity index (χ3v) is 3.58. The molecule has 116 valence electrons. The van der Waals surface area contributed by atoms with Crippen LogP contribution in [0, 0.1) is 0 Å². The van der Waals surface area contributed by atoms with Crippen molar-refractivity contribution in [2.75, 3.05) is 6.54 Å². The Bertz CT molecular complexity index is 456. The molecule has 21 heavy (non-hydrogen) atoms. The average molecular weight is 311 g/mol. The molecule has 1 rings (SSSR count). The molecule has 0 fully saturated rings. The summed E-state index contributed by atoms with van der Waals surface area (Å²) >= 11 is 5.77. The van der Waals surface area contributed by atoms with Gasteiger partial charge in [0, 0.05) is 29.6 Å². The Kier molecular flexibility index (Phi) is 7.83. The second-order valence-electron chi connectivity index (χ2n) is 4.95. The average Bonchev–Trinajstić information content (AvgIpc) is 2.49. The van der Waals surface area contributed by atoms with Gasteiger partial charge in [-0.15, -0.1) is 0 Å². The van der Waals surface area contributed by atoms with Crippen LogP contribution in [0.25, 0.3) is 0 Å². The van der Waals surface area contributed by atoms with E-state index in [2.05, 4.69) is 24.5 Å². The molecule has 0 saturated carbocycles. The molecule has 0 radical (unpaired) electrons. The van der Waals surface area contributed by atoms with Crippen molar-refractivity contribution >= 4 is 23.4 Å². The number of nitrogens with one attached hydrogen (secondary N) is 2. The van der Waals surface area contributed by atoms with Crippen molar-refractivity contribution in [3.63, 3.8) is 0 Å². The molecular weight excluding hydrogens is 288 g/mol. The monoisotopic (exact) mass is 310 g/mol. The first kappa shape index (κ1) is 17.5. The van der Waals surface area contributed by atoms with Gasteiger partial charge in [0.15, 0.2) is 0 Å². The van der Waals surface area contributed by atoms with Crippen LogP contribution in [0.3, 0.4) is 0 Å². The molecule has 1 aromatic carbocycles. The number of amides is 2.